The number of piperidine rings is 1. The maximum Gasteiger partial charge on any atom is 0.235 e. The van der Waals surface area contributed by atoms with Crippen molar-refractivity contribution in [3.63, 3.8) is 0 Å². The summed E-state index contributed by atoms with van der Waals surface area (Å²) in [6.07, 6.45) is 1.62. The number of carbonyl (C=O) groups is 1. The summed E-state index contributed by atoms with van der Waals surface area (Å²) in [6.45, 7) is 3.57. The van der Waals surface area contributed by atoms with Crippen LogP contribution in [0.2, 0.25) is 0 Å². The summed E-state index contributed by atoms with van der Waals surface area (Å²) in [5.74, 6) is 1.04. The Bertz CT molecular complexity index is 718. The number of nitrogens with zero attached hydrogens (tertiary/aromatic N) is 3. The van der Waals surface area contributed by atoms with Gasteiger partial charge in [0.25, 0.3) is 0 Å². The highest BCUT2D eigenvalue weighted by molar-refractivity contribution is 6.06. The van der Waals surface area contributed by atoms with E-state index >= 15 is 0 Å². The number of amides is 1. The van der Waals surface area contributed by atoms with E-state index in [1.165, 1.54) is 0 Å². The summed E-state index contributed by atoms with van der Waals surface area (Å²) >= 11 is 0. The van der Waals surface area contributed by atoms with Gasteiger partial charge in [-0.15, -0.1) is 5.10 Å². The molecule has 0 radical (unpaired) electrons. The number of aryl methyl sites for hydroxylation is 1. The van der Waals surface area contributed by atoms with Crippen LogP contribution in [0.25, 0.3) is 0 Å². The fraction of sp³-hybridized carbons (Fsp3) is 0.353. The molecule has 1 saturated heterocycles. The maximum absolute atomic E-state index is 12.5. The minimum atomic E-state index is -0.370. The van der Waals surface area contributed by atoms with E-state index in [0.717, 1.165) is 48.7 Å². The summed E-state index contributed by atoms with van der Waals surface area (Å²) in [5, 5.41) is 11.4. The number of hydrogen-bond donors (Lipinski definition) is 1. The van der Waals surface area contributed by atoms with Crippen LogP contribution in [0.1, 0.15) is 24.1 Å². The molecule has 5 nitrogen and oxygen atoms in total. The van der Waals surface area contributed by atoms with Crippen molar-refractivity contribution in [3.8, 4) is 0 Å². The number of aromatic nitrogens is 2. The number of fused-ring (bicyclic) bond motifs is 2. The van der Waals surface area contributed by atoms with E-state index in [2.05, 4.69) is 26.5 Å². The standard InChI is InChI=1S/C17H18N4O/c1-12-6-7-15(20-19-12)21-10-8-17(9-11-21)13-4-2-3-5-14(13)18-16(17)22/h2-7H,8-11H2,1H3,(H,18,22). The topological polar surface area (TPSA) is 58.1 Å². The van der Waals surface area contributed by atoms with Gasteiger partial charge in [-0.05, 0) is 43.5 Å². The third-order valence-electron chi connectivity index (χ3n) is 4.85. The van der Waals surface area contributed by atoms with Gasteiger partial charge in [0.15, 0.2) is 5.82 Å². The fourth-order valence-electron chi connectivity index (χ4n) is 3.55. The van der Waals surface area contributed by atoms with E-state index in [9.17, 15) is 4.79 Å². The average Bonchev–Trinajstić information content (AvgIpc) is 2.82. The van der Waals surface area contributed by atoms with E-state index in [-0.39, 0.29) is 11.3 Å². The Hall–Kier alpha value is -2.43. The van der Waals surface area contributed by atoms with Crippen LogP contribution in [0.15, 0.2) is 36.4 Å². The summed E-state index contributed by atoms with van der Waals surface area (Å²) in [4.78, 5) is 14.8. The van der Waals surface area contributed by atoms with Gasteiger partial charge in [0, 0.05) is 18.8 Å². The van der Waals surface area contributed by atoms with Crippen molar-refractivity contribution in [1.29, 1.82) is 0 Å². The number of para-hydroxylation sites is 1. The Labute approximate surface area is 129 Å². The van der Waals surface area contributed by atoms with Crippen molar-refractivity contribution in [3.05, 3.63) is 47.7 Å². The normalized spacial score (nSPS) is 19.1. The zero-order chi connectivity index (χ0) is 15.2. The summed E-state index contributed by atoms with van der Waals surface area (Å²) in [7, 11) is 0. The van der Waals surface area contributed by atoms with Crippen LogP contribution in [-0.4, -0.2) is 29.2 Å². The lowest BCUT2D eigenvalue weighted by atomic mass is 9.73. The molecule has 1 aromatic carbocycles. The molecule has 2 aromatic rings. The van der Waals surface area contributed by atoms with Crippen LogP contribution in [0, 0.1) is 6.92 Å². The van der Waals surface area contributed by atoms with E-state index in [1.807, 2.05) is 37.3 Å². The molecule has 2 aliphatic heterocycles. The Morgan fingerprint density at radius 3 is 2.59 bits per heavy atom. The molecule has 1 amide bonds. The van der Waals surface area contributed by atoms with Crippen LogP contribution >= 0.6 is 0 Å². The van der Waals surface area contributed by atoms with Crippen molar-refractivity contribution >= 4 is 17.4 Å². The fourth-order valence-corrected chi connectivity index (χ4v) is 3.55. The smallest absolute Gasteiger partial charge is 0.235 e. The molecule has 0 saturated carbocycles. The molecular weight excluding hydrogens is 276 g/mol. The van der Waals surface area contributed by atoms with E-state index in [1.54, 1.807) is 0 Å². The molecule has 5 heteroatoms. The number of benzene rings is 1. The zero-order valence-electron chi connectivity index (χ0n) is 12.5. The molecule has 0 unspecified atom stereocenters. The lowest BCUT2D eigenvalue weighted by molar-refractivity contribution is -0.121. The Morgan fingerprint density at radius 2 is 1.86 bits per heavy atom. The monoisotopic (exact) mass is 294 g/mol. The van der Waals surface area contributed by atoms with E-state index in [0.29, 0.717) is 0 Å². The highest BCUT2D eigenvalue weighted by atomic mass is 16.2. The van der Waals surface area contributed by atoms with Crippen LogP contribution in [0.5, 0.6) is 0 Å². The molecule has 22 heavy (non-hydrogen) atoms. The van der Waals surface area contributed by atoms with Crippen LogP contribution in [-0.2, 0) is 10.2 Å². The first-order chi connectivity index (χ1) is 10.7. The quantitative estimate of drug-likeness (QED) is 0.876. The SMILES string of the molecule is Cc1ccc(N2CCC3(CC2)C(=O)Nc2ccccc23)nn1. The average molecular weight is 294 g/mol. The van der Waals surface area contributed by atoms with Crippen molar-refractivity contribution in [2.75, 3.05) is 23.3 Å². The van der Waals surface area contributed by atoms with Gasteiger partial charge in [0.2, 0.25) is 5.91 Å². The molecule has 0 aliphatic carbocycles. The molecular formula is C17H18N4O. The van der Waals surface area contributed by atoms with Gasteiger partial charge < -0.3 is 10.2 Å². The van der Waals surface area contributed by atoms with Gasteiger partial charge in [-0.3, -0.25) is 4.79 Å². The molecule has 4 rings (SSSR count). The van der Waals surface area contributed by atoms with Crippen molar-refractivity contribution in [2.24, 2.45) is 0 Å². The summed E-state index contributed by atoms with van der Waals surface area (Å²) in [5.41, 5.74) is 2.66. The van der Waals surface area contributed by atoms with E-state index in [4.69, 9.17) is 0 Å². The molecule has 0 bridgehead atoms. The van der Waals surface area contributed by atoms with Crippen molar-refractivity contribution in [1.82, 2.24) is 10.2 Å². The second-order valence-corrected chi connectivity index (χ2v) is 6.10. The summed E-state index contributed by atoms with van der Waals surface area (Å²) < 4.78 is 0. The highest BCUT2D eigenvalue weighted by Gasteiger charge is 2.48. The Kier molecular flexibility index (Phi) is 2.89. The Morgan fingerprint density at radius 1 is 1.09 bits per heavy atom. The van der Waals surface area contributed by atoms with Gasteiger partial charge in [-0.25, -0.2) is 0 Å². The molecule has 112 valence electrons. The van der Waals surface area contributed by atoms with Gasteiger partial charge in [-0.1, -0.05) is 18.2 Å². The molecule has 3 heterocycles. The van der Waals surface area contributed by atoms with Gasteiger partial charge >= 0.3 is 0 Å². The minimum Gasteiger partial charge on any atom is -0.355 e. The van der Waals surface area contributed by atoms with Gasteiger partial charge in [0.1, 0.15) is 0 Å². The second-order valence-electron chi connectivity index (χ2n) is 6.10. The molecule has 0 atom stereocenters. The molecule has 1 fully saturated rings. The third-order valence-corrected chi connectivity index (χ3v) is 4.85. The first-order valence-corrected chi connectivity index (χ1v) is 7.65. The van der Waals surface area contributed by atoms with Gasteiger partial charge in [0.05, 0.1) is 11.1 Å². The van der Waals surface area contributed by atoms with Crippen LogP contribution in [0.3, 0.4) is 0 Å². The predicted octanol–water partition coefficient (Wildman–Crippen LogP) is 2.28. The lowest BCUT2D eigenvalue weighted by Crippen LogP contribution is -2.46. The largest absolute Gasteiger partial charge is 0.355 e. The van der Waals surface area contributed by atoms with Crippen LogP contribution in [0.4, 0.5) is 11.5 Å². The molecule has 1 spiro atoms. The first-order valence-electron chi connectivity index (χ1n) is 7.65. The lowest BCUT2D eigenvalue weighted by Gasteiger charge is -2.38. The second kappa shape index (κ2) is 4.80. The number of hydrogen-bond acceptors (Lipinski definition) is 4. The van der Waals surface area contributed by atoms with Crippen molar-refractivity contribution < 1.29 is 4.79 Å². The third kappa shape index (κ3) is 1.89. The van der Waals surface area contributed by atoms with E-state index < -0.39 is 0 Å². The maximum atomic E-state index is 12.5. The molecule has 1 aromatic heterocycles. The Balaban J connectivity index is 1.59. The number of nitrogens with one attached hydrogen (secondary N) is 1. The van der Waals surface area contributed by atoms with Crippen LogP contribution < -0.4 is 10.2 Å². The highest BCUT2D eigenvalue weighted by Crippen LogP contribution is 2.45. The minimum absolute atomic E-state index is 0.142. The zero-order valence-corrected chi connectivity index (χ0v) is 12.5. The van der Waals surface area contributed by atoms with Gasteiger partial charge in [-0.2, -0.15) is 5.10 Å². The first kappa shape index (κ1) is 13.2. The molecule has 1 N–H and O–H groups in total. The van der Waals surface area contributed by atoms with Crippen molar-refractivity contribution in [2.45, 2.75) is 25.2 Å². The predicted molar refractivity (Wildman–Crippen MR) is 85.0 cm³/mol. The number of rotatable bonds is 1. The number of anilines is 2. The number of carbonyl (C=O) groups excluding carboxylic acids is 1. The molecule has 2 aliphatic rings. The summed E-state index contributed by atoms with van der Waals surface area (Å²) in [6, 6.07) is 12.0.